The van der Waals surface area contributed by atoms with Crippen LogP contribution in [0.2, 0.25) is 0 Å². The molecule has 146 valence electrons. The zero-order valence-corrected chi connectivity index (χ0v) is 15.2. The van der Waals surface area contributed by atoms with Crippen LogP contribution >= 0.6 is 0 Å². The zero-order chi connectivity index (χ0) is 19.8. The summed E-state index contributed by atoms with van der Waals surface area (Å²) in [7, 11) is 0. The number of amides is 1. The Morgan fingerprint density at radius 3 is 2.29 bits per heavy atom. The molecule has 0 saturated carbocycles. The number of nitrogens with one attached hydrogen (secondary N) is 1. The third-order valence-electron chi connectivity index (χ3n) is 4.22. The van der Waals surface area contributed by atoms with Crippen molar-refractivity contribution in [2.75, 3.05) is 6.61 Å². The number of esters is 2. The summed E-state index contributed by atoms with van der Waals surface area (Å²) in [6, 6.07) is 17.4. The lowest BCUT2D eigenvalue weighted by Crippen LogP contribution is -2.45. The van der Waals surface area contributed by atoms with Gasteiger partial charge < -0.3 is 19.5 Å². The monoisotopic (exact) mass is 383 g/mol. The molecule has 7 heteroatoms. The number of carbonyl (C=O) groups excluding carboxylic acids is 3. The molecule has 0 radical (unpaired) electrons. The van der Waals surface area contributed by atoms with Gasteiger partial charge in [-0.15, -0.1) is 0 Å². The van der Waals surface area contributed by atoms with Crippen LogP contribution in [0.25, 0.3) is 0 Å². The number of rotatable bonds is 7. The summed E-state index contributed by atoms with van der Waals surface area (Å²) in [5.74, 6) is -1.28. The molecule has 7 nitrogen and oxygen atoms in total. The van der Waals surface area contributed by atoms with Crippen LogP contribution in [0, 0.1) is 0 Å². The van der Waals surface area contributed by atoms with E-state index in [2.05, 4.69) is 5.32 Å². The Balaban J connectivity index is 1.62. The maximum absolute atomic E-state index is 12.6. The summed E-state index contributed by atoms with van der Waals surface area (Å²) in [5, 5.41) is 2.54. The summed E-state index contributed by atoms with van der Waals surface area (Å²) in [4.78, 5) is 36.3. The lowest BCUT2D eigenvalue weighted by Gasteiger charge is -2.19. The van der Waals surface area contributed by atoms with Crippen molar-refractivity contribution < 1.29 is 28.6 Å². The Morgan fingerprint density at radius 1 is 1.04 bits per heavy atom. The van der Waals surface area contributed by atoms with E-state index in [-0.39, 0.29) is 19.6 Å². The van der Waals surface area contributed by atoms with E-state index >= 15 is 0 Å². The summed E-state index contributed by atoms with van der Waals surface area (Å²) in [5.41, 5.74) is 1.66. The predicted molar refractivity (Wildman–Crippen MR) is 99.2 cm³/mol. The first-order valence-electron chi connectivity index (χ1n) is 9.00. The van der Waals surface area contributed by atoms with Crippen molar-refractivity contribution in [3.05, 3.63) is 71.8 Å². The molecule has 0 aromatic heterocycles. The highest BCUT2D eigenvalue weighted by Gasteiger charge is 2.33. The number of hydrogen-bond acceptors (Lipinski definition) is 6. The molecule has 0 unspecified atom stereocenters. The highest BCUT2D eigenvalue weighted by Crippen LogP contribution is 2.13. The van der Waals surface area contributed by atoms with Crippen molar-refractivity contribution in [3.8, 4) is 0 Å². The first-order chi connectivity index (χ1) is 13.6. The van der Waals surface area contributed by atoms with Crippen LogP contribution < -0.4 is 5.32 Å². The van der Waals surface area contributed by atoms with E-state index < -0.39 is 30.2 Å². The zero-order valence-electron chi connectivity index (χ0n) is 15.2. The van der Waals surface area contributed by atoms with Crippen molar-refractivity contribution in [2.45, 2.75) is 31.6 Å². The fraction of sp³-hybridized carbons (Fsp3) is 0.286. The Kier molecular flexibility index (Phi) is 6.62. The quantitative estimate of drug-likeness (QED) is 0.583. The standard InChI is InChI=1S/C21H21NO6/c23-19(28-18-11-12-26-20(18)24)17(13-15-7-3-1-4-8-15)22-21(25)27-14-16-9-5-2-6-10-16/h1-10,17-18H,11-14H2,(H,22,25)/t17-,18-/m0/s1. The minimum Gasteiger partial charge on any atom is -0.463 e. The van der Waals surface area contributed by atoms with Gasteiger partial charge in [0, 0.05) is 12.8 Å². The fourth-order valence-corrected chi connectivity index (χ4v) is 2.76. The molecular weight excluding hydrogens is 362 g/mol. The molecule has 1 N–H and O–H groups in total. The van der Waals surface area contributed by atoms with E-state index in [4.69, 9.17) is 14.2 Å². The Labute approximate surface area is 162 Å². The summed E-state index contributed by atoms with van der Waals surface area (Å²) >= 11 is 0. The summed E-state index contributed by atoms with van der Waals surface area (Å²) in [6.07, 6.45) is -1.16. The molecule has 1 heterocycles. The molecule has 2 aromatic carbocycles. The number of carbonyl (C=O) groups is 3. The Bertz CT molecular complexity index is 808. The van der Waals surface area contributed by atoms with Gasteiger partial charge in [-0.1, -0.05) is 60.7 Å². The Hall–Kier alpha value is -3.35. The van der Waals surface area contributed by atoms with Crippen LogP contribution in [-0.4, -0.2) is 36.8 Å². The normalized spacial score (nSPS) is 16.7. The van der Waals surface area contributed by atoms with Crippen molar-refractivity contribution >= 4 is 18.0 Å². The maximum Gasteiger partial charge on any atom is 0.408 e. The third kappa shape index (κ3) is 5.57. The average molecular weight is 383 g/mol. The molecule has 0 bridgehead atoms. The largest absolute Gasteiger partial charge is 0.463 e. The summed E-state index contributed by atoms with van der Waals surface area (Å²) < 4.78 is 15.2. The van der Waals surface area contributed by atoms with Gasteiger partial charge in [-0.2, -0.15) is 0 Å². The van der Waals surface area contributed by atoms with Crippen LogP contribution in [0.3, 0.4) is 0 Å². The number of benzene rings is 2. The van der Waals surface area contributed by atoms with Crippen molar-refractivity contribution in [2.24, 2.45) is 0 Å². The molecule has 2 aromatic rings. The summed E-state index contributed by atoms with van der Waals surface area (Å²) in [6.45, 7) is 0.293. The second-order valence-corrected chi connectivity index (χ2v) is 6.33. The van der Waals surface area contributed by atoms with Gasteiger partial charge in [0.15, 0.2) is 0 Å². The smallest absolute Gasteiger partial charge is 0.408 e. The van der Waals surface area contributed by atoms with Crippen LogP contribution in [0.15, 0.2) is 60.7 Å². The topological polar surface area (TPSA) is 90.9 Å². The number of ether oxygens (including phenoxy) is 3. The van der Waals surface area contributed by atoms with E-state index in [0.29, 0.717) is 6.42 Å². The highest BCUT2D eigenvalue weighted by molar-refractivity contribution is 5.85. The first kappa shape index (κ1) is 19.4. The Morgan fingerprint density at radius 2 is 1.68 bits per heavy atom. The second-order valence-electron chi connectivity index (χ2n) is 6.33. The molecule has 3 rings (SSSR count). The van der Waals surface area contributed by atoms with Crippen molar-refractivity contribution in [3.63, 3.8) is 0 Å². The lowest BCUT2D eigenvalue weighted by molar-refractivity contribution is -0.161. The van der Waals surface area contributed by atoms with E-state index in [9.17, 15) is 14.4 Å². The molecular formula is C21H21NO6. The fourth-order valence-electron chi connectivity index (χ4n) is 2.76. The van der Waals surface area contributed by atoms with Crippen LogP contribution in [0.5, 0.6) is 0 Å². The highest BCUT2D eigenvalue weighted by atomic mass is 16.6. The van der Waals surface area contributed by atoms with Crippen molar-refractivity contribution in [1.29, 1.82) is 0 Å². The molecule has 1 aliphatic heterocycles. The molecule has 1 amide bonds. The molecule has 1 fully saturated rings. The predicted octanol–water partition coefficient (Wildman–Crippen LogP) is 2.38. The van der Waals surface area contributed by atoms with Gasteiger partial charge in [0.2, 0.25) is 6.10 Å². The van der Waals surface area contributed by atoms with Gasteiger partial charge in [-0.05, 0) is 11.1 Å². The molecule has 1 aliphatic rings. The van der Waals surface area contributed by atoms with Crippen molar-refractivity contribution in [1.82, 2.24) is 5.32 Å². The number of alkyl carbamates (subject to hydrolysis) is 1. The maximum atomic E-state index is 12.6. The minimum atomic E-state index is -0.987. The van der Waals surface area contributed by atoms with Gasteiger partial charge in [0.05, 0.1) is 6.61 Å². The van der Waals surface area contributed by atoms with Crippen LogP contribution in [0.4, 0.5) is 4.79 Å². The lowest BCUT2D eigenvalue weighted by atomic mass is 10.1. The minimum absolute atomic E-state index is 0.0781. The van der Waals surface area contributed by atoms with Gasteiger partial charge >= 0.3 is 18.0 Å². The van der Waals surface area contributed by atoms with E-state index in [0.717, 1.165) is 11.1 Å². The number of cyclic esters (lactones) is 1. The van der Waals surface area contributed by atoms with Gasteiger partial charge in [0.25, 0.3) is 0 Å². The van der Waals surface area contributed by atoms with Crippen LogP contribution in [0.1, 0.15) is 17.5 Å². The molecule has 2 atom stereocenters. The van der Waals surface area contributed by atoms with Gasteiger partial charge in [-0.3, -0.25) is 0 Å². The van der Waals surface area contributed by atoms with E-state index in [1.165, 1.54) is 0 Å². The van der Waals surface area contributed by atoms with Gasteiger partial charge in [0.1, 0.15) is 12.6 Å². The first-order valence-corrected chi connectivity index (χ1v) is 9.00. The second kappa shape index (κ2) is 9.55. The third-order valence-corrected chi connectivity index (χ3v) is 4.22. The molecule has 1 saturated heterocycles. The van der Waals surface area contributed by atoms with Crippen LogP contribution in [-0.2, 0) is 36.8 Å². The van der Waals surface area contributed by atoms with E-state index in [1.807, 2.05) is 60.7 Å². The van der Waals surface area contributed by atoms with E-state index in [1.54, 1.807) is 0 Å². The molecule has 28 heavy (non-hydrogen) atoms. The average Bonchev–Trinajstić information content (AvgIpc) is 3.12. The molecule has 0 aliphatic carbocycles. The number of hydrogen-bond donors (Lipinski definition) is 1. The molecule has 0 spiro atoms. The van der Waals surface area contributed by atoms with Gasteiger partial charge in [-0.25, -0.2) is 14.4 Å². The SMILES string of the molecule is O=C(N[C@@H](Cc1ccccc1)C(=O)O[C@H]1CCOC1=O)OCc1ccccc1.